The van der Waals surface area contributed by atoms with Gasteiger partial charge < -0.3 is 9.80 Å². The van der Waals surface area contributed by atoms with Gasteiger partial charge in [0, 0.05) is 18.5 Å². The predicted octanol–water partition coefficient (Wildman–Crippen LogP) is 3.00. The summed E-state index contributed by atoms with van der Waals surface area (Å²) in [5, 5.41) is 15.4. The van der Waals surface area contributed by atoms with Gasteiger partial charge in [-0.15, -0.1) is 0 Å². The van der Waals surface area contributed by atoms with E-state index >= 15 is 0 Å². The fourth-order valence-corrected chi connectivity index (χ4v) is 4.30. The quantitative estimate of drug-likeness (QED) is 0.603. The zero-order valence-corrected chi connectivity index (χ0v) is 19.9. The van der Waals surface area contributed by atoms with Crippen molar-refractivity contribution in [2.75, 3.05) is 18.0 Å². The first-order valence-corrected chi connectivity index (χ1v) is 11.2. The van der Waals surface area contributed by atoms with E-state index in [1.54, 1.807) is 20.8 Å². The van der Waals surface area contributed by atoms with Crippen molar-refractivity contribution in [3.05, 3.63) is 91.9 Å². The summed E-state index contributed by atoms with van der Waals surface area (Å²) < 4.78 is 29.2. The molecule has 0 spiro atoms. The van der Waals surface area contributed by atoms with Crippen LogP contribution in [0.15, 0.2) is 41.2 Å². The lowest BCUT2D eigenvalue weighted by Gasteiger charge is -2.39. The van der Waals surface area contributed by atoms with Crippen LogP contribution < -0.4 is 10.5 Å². The molecule has 1 N–H and O–H groups in total. The van der Waals surface area contributed by atoms with E-state index in [9.17, 15) is 23.2 Å². The number of amides is 2. The molecule has 1 aliphatic heterocycles. The van der Waals surface area contributed by atoms with E-state index < -0.39 is 29.5 Å². The Morgan fingerprint density at radius 3 is 2.56 bits per heavy atom. The first-order chi connectivity index (χ1) is 17.1. The van der Waals surface area contributed by atoms with Crippen molar-refractivity contribution in [2.45, 2.75) is 33.2 Å². The van der Waals surface area contributed by atoms with Gasteiger partial charge in [-0.25, -0.2) is 13.9 Å². The Bertz CT molecular complexity index is 1480. The lowest BCUT2D eigenvalue weighted by molar-refractivity contribution is -0.121. The Labute approximate surface area is 205 Å². The number of benzene rings is 2. The van der Waals surface area contributed by atoms with E-state index in [4.69, 9.17) is 5.26 Å². The number of nitrogens with zero attached hydrogens (tertiary/aromatic N) is 4. The number of hydrogen-bond acceptors (Lipinski definition) is 5. The summed E-state index contributed by atoms with van der Waals surface area (Å²) in [6, 6.07) is 9.22. The molecule has 3 aromatic rings. The van der Waals surface area contributed by atoms with Crippen LogP contribution in [0.25, 0.3) is 0 Å². The van der Waals surface area contributed by atoms with Crippen molar-refractivity contribution in [3.8, 4) is 6.07 Å². The highest BCUT2D eigenvalue weighted by Gasteiger charge is 2.35. The van der Waals surface area contributed by atoms with E-state index in [-0.39, 0.29) is 41.9 Å². The number of halogens is 2. The molecule has 2 aromatic carbocycles. The largest absolute Gasteiger partial charge is 0.327 e. The highest BCUT2D eigenvalue weighted by atomic mass is 19.1. The number of H-pyrrole nitrogens is 1. The second-order valence-electron chi connectivity index (χ2n) is 8.82. The molecule has 1 atom stereocenters. The number of carbonyl (C=O) groups excluding carboxylic acids is 2. The SMILES string of the molecule is Cc1c(Cc2ccc(F)c(C(=O)N3CC(=O)N(c4ccc(C#N)cc4F)C(C)C3)c2)n[nH]c(=O)c1C. The number of rotatable bonds is 4. The maximum absolute atomic E-state index is 14.7. The number of nitriles is 1. The van der Waals surface area contributed by atoms with E-state index in [1.165, 1.54) is 40.1 Å². The number of piperazine rings is 1. The van der Waals surface area contributed by atoms with Crippen LogP contribution in [0.4, 0.5) is 14.5 Å². The standard InChI is InChI=1S/C26H23F2N5O3/c1-14-12-32(13-24(34)33(14)23-7-5-18(11-29)9-21(23)28)26(36)19-8-17(4-6-20(19)27)10-22-15(2)16(3)25(35)31-30-22/h4-9,14H,10,12-13H2,1-3H3,(H,31,35). The third-order valence-electron chi connectivity index (χ3n) is 6.40. The highest BCUT2D eigenvalue weighted by Crippen LogP contribution is 2.27. The molecule has 1 unspecified atom stereocenters. The number of aromatic nitrogens is 2. The number of anilines is 1. The topological polar surface area (TPSA) is 110 Å². The van der Waals surface area contributed by atoms with Crippen molar-refractivity contribution in [1.29, 1.82) is 5.26 Å². The normalized spacial score (nSPS) is 15.7. The Morgan fingerprint density at radius 1 is 1.14 bits per heavy atom. The summed E-state index contributed by atoms with van der Waals surface area (Å²) in [6.45, 7) is 4.82. The molecular formula is C26H23F2N5O3. The van der Waals surface area contributed by atoms with Gasteiger partial charge in [0.15, 0.2) is 0 Å². The lowest BCUT2D eigenvalue weighted by atomic mass is 10.0. The molecule has 184 valence electrons. The average Bonchev–Trinajstić information content (AvgIpc) is 2.85. The molecule has 1 fully saturated rings. The Kier molecular flexibility index (Phi) is 6.66. The molecule has 36 heavy (non-hydrogen) atoms. The van der Waals surface area contributed by atoms with Crippen molar-refractivity contribution in [2.24, 2.45) is 0 Å². The number of carbonyl (C=O) groups is 2. The third-order valence-corrected chi connectivity index (χ3v) is 6.40. The molecule has 2 amide bonds. The molecule has 2 heterocycles. The van der Waals surface area contributed by atoms with Crippen molar-refractivity contribution in [1.82, 2.24) is 15.1 Å². The minimum atomic E-state index is -0.730. The Morgan fingerprint density at radius 2 is 1.89 bits per heavy atom. The first kappa shape index (κ1) is 24.7. The van der Waals surface area contributed by atoms with Gasteiger partial charge >= 0.3 is 0 Å². The summed E-state index contributed by atoms with van der Waals surface area (Å²) in [7, 11) is 0. The van der Waals surface area contributed by atoms with Gasteiger partial charge in [0.25, 0.3) is 11.5 Å². The average molecular weight is 491 g/mol. The van der Waals surface area contributed by atoms with Gasteiger partial charge in [-0.2, -0.15) is 10.4 Å². The van der Waals surface area contributed by atoms with Crippen LogP contribution in [-0.2, 0) is 11.2 Å². The molecule has 1 aliphatic rings. The highest BCUT2D eigenvalue weighted by molar-refractivity contribution is 6.02. The maximum Gasteiger partial charge on any atom is 0.267 e. The fourth-order valence-electron chi connectivity index (χ4n) is 4.30. The molecule has 8 nitrogen and oxygen atoms in total. The second kappa shape index (κ2) is 9.70. The lowest BCUT2D eigenvalue weighted by Crippen LogP contribution is -2.57. The van der Waals surface area contributed by atoms with E-state index in [0.717, 1.165) is 6.07 Å². The van der Waals surface area contributed by atoms with Crippen molar-refractivity contribution in [3.63, 3.8) is 0 Å². The van der Waals surface area contributed by atoms with Crippen LogP contribution >= 0.6 is 0 Å². The molecule has 4 rings (SSSR count). The van der Waals surface area contributed by atoms with Crippen LogP contribution in [0.5, 0.6) is 0 Å². The molecule has 1 aromatic heterocycles. The van der Waals surface area contributed by atoms with Gasteiger partial charge in [0.1, 0.15) is 18.2 Å². The maximum atomic E-state index is 14.7. The molecule has 0 bridgehead atoms. The fraction of sp³-hybridized carbons (Fsp3) is 0.269. The second-order valence-corrected chi connectivity index (χ2v) is 8.82. The number of aromatic amines is 1. The van der Waals surface area contributed by atoms with Crippen molar-refractivity contribution < 1.29 is 18.4 Å². The first-order valence-electron chi connectivity index (χ1n) is 11.2. The summed E-state index contributed by atoms with van der Waals surface area (Å²) in [6.07, 6.45) is 0.269. The predicted molar refractivity (Wildman–Crippen MR) is 128 cm³/mol. The molecular weight excluding hydrogens is 468 g/mol. The smallest absolute Gasteiger partial charge is 0.267 e. The van der Waals surface area contributed by atoms with Gasteiger partial charge in [-0.3, -0.25) is 14.4 Å². The molecule has 0 aliphatic carbocycles. The summed E-state index contributed by atoms with van der Waals surface area (Å²) in [5.41, 5.74) is 2.12. The molecule has 0 radical (unpaired) electrons. The zero-order valence-electron chi connectivity index (χ0n) is 19.9. The van der Waals surface area contributed by atoms with Crippen molar-refractivity contribution >= 4 is 17.5 Å². The van der Waals surface area contributed by atoms with Crippen LogP contribution in [-0.4, -0.2) is 46.0 Å². The summed E-state index contributed by atoms with van der Waals surface area (Å²) in [5.74, 6) is -2.62. The summed E-state index contributed by atoms with van der Waals surface area (Å²) >= 11 is 0. The van der Waals surface area contributed by atoms with E-state index in [1.807, 2.05) is 6.07 Å². The van der Waals surface area contributed by atoms with E-state index in [2.05, 4.69) is 10.2 Å². The molecule has 1 saturated heterocycles. The van der Waals surface area contributed by atoms with Gasteiger partial charge in [0.2, 0.25) is 5.91 Å². The minimum absolute atomic E-state index is 0.0193. The Balaban J connectivity index is 1.56. The monoisotopic (exact) mass is 491 g/mol. The third kappa shape index (κ3) is 4.60. The summed E-state index contributed by atoms with van der Waals surface area (Å²) in [4.78, 5) is 40.4. The Hall–Kier alpha value is -4.39. The van der Waals surface area contributed by atoms with Gasteiger partial charge in [-0.1, -0.05) is 6.07 Å². The van der Waals surface area contributed by atoms with Crippen LogP contribution in [0.2, 0.25) is 0 Å². The van der Waals surface area contributed by atoms with Crippen LogP contribution in [0.3, 0.4) is 0 Å². The van der Waals surface area contributed by atoms with Crippen LogP contribution in [0.1, 0.15) is 45.2 Å². The zero-order chi connectivity index (χ0) is 26.1. The van der Waals surface area contributed by atoms with E-state index in [0.29, 0.717) is 22.4 Å². The van der Waals surface area contributed by atoms with Gasteiger partial charge in [-0.05, 0) is 62.2 Å². The van der Waals surface area contributed by atoms with Crippen LogP contribution in [0, 0.1) is 36.8 Å². The number of hydrogen-bond donors (Lipinski definition) is 1. The molecule has 10 heteroatoms. The minimum Gasteiger partial charge on any atom is -0.327 e. The van der Waals surface area contributed by atoms with Gasteiger partial charge in [0.05, 0.1) is 34.6 Å². The number of nitrogens with one attached hydrogen (secondary N) is 1. The molecule has 0 saturated carbocycles.